The molecule has 0 heterocycles. The normalized spacial score (nSPS) is 23.7. The van der Waals surface area contributed by atoms with Crippen molar-refractivity contribution in [3.63, 3.8) is 0 Å². The molecule has 0 radical (unpaired) electrons. The van der Waals surface area contributed by atoms with Gasteiger partial charge in [-0.2, -0.15) is 0 Å². The summed E-state index contributed by atoms with van der Waals surface area (Å²) in [4.78, 5) is 25.8. The van der Waals surface area contributed by atoms with Crippen LogP contribution in [0.3, 0.4) is 0 Å². The van der Waals surface area contributed by atoms with Crippen LogP contribution in [0.25, 0.3) is 0 Å². The molecule has 21 heavy (non-hydrogen) atoms. The molecular formula is C16H31N3O2. The number of nitrogens with two attached hydrogens (primary N) is 1. The van der Waals surface area contributed by atoms with Crippen molar-refractivity contribution in [3.05, 3.63) is 0 Å². The second-order valence-corrected chi connectivity index (χ2v) is 6.87. The average Bonchev–Trinajstić information content (AvgIpc) is 2.43. The highest BCUT2D eigenvalue weighted by molar-refractivity contribution is 5.85. The van der Waals surface area contributed by atoms with Crippen molar-refractivity contribution in [2.45, 2.75) is 52.5 Å². The Hall–Kier alpha value is -1.10. The number of carbonyl (C=O) groups excluding carboxylic acids is 2. The van der Waals surface area contributed by atoms with Gasteiger partial charge in [0.05, 0.1) is 6.54 Å². The minimum absolute atomic E-state index is 0.0498. The van der Waals surface area contributed by atoms with Crippen molar-refractivity contribution in [2.75, 3.05) is 20.1 Å². The van der Waals surface area contributed by atoms with Crippen LogP contribution in [0.5, 0.6) is 0 Å². The first-order chi connectivity index (χ1) is 9.81. The Morgan fingerprint density at radius 3 is 2.52 bits per heavy atom. The standard InChI is InChI=1S/C16H31N3O2/c1-11(2)9-18-15(20)10-19(4)16(21)12(3)13-6-5-7-14(17)8-13/h11-14H,5-10,17H2,1-4H3,(H,18,20). The van der Waals surface area contributed by atoms with Gasteiger partial charge in [0, 0.05) is 25.6 Å². The molecule has 5 nitrogen and oxygen atoms in total. The zero-order chi connectivity index (χ0) is 16.0. The molecule has 0 aromatic heterocycles. The van der Waals surface area contributed by atoms with E-state index in [2.05, 4.69) is 5.32 Å². The topological polar surface area (TPSA) is 75.4 Å². The van der Waals surface area contributed by atoms with Gasteiger partial charge in [-0.3, -0.25) is 9.59 Å². The fourth-order valence-corrected chi connectivity index (χ4v) is 2.94. The maximum Gasteiger partial charge on any atom is 0.239 e. The van der Waals surface area contributed by atoms with Gasteiger partial charge in [-0.15, -0.1) is 0 Å². The highest BCUT2D eigenvalue weighted by Crippen LogP contribution is 2.30. The van der Waals surface area contributed by atoms with Crippen LogP contribution in [0.1, 0.15) is 46.5 Å². The number of nitrogens with zero attached hydrogens (tertiary/aromatic N) is 1. The van der Waals surface area contributed by atoms with E-state index in [1.54, 1.807) is 11.9 Å². The lowest BCUT2D eigenvalue weighted by Crippen LogP contribution is -2.43. The molecule has 1 fully saturated rings. The summed E-state index contributed by atoms with van der Waals surface area (Å²) in [6.45, 7) is 6.84. The summed E-state index contributed by atoms with van der Waals surface area (Å²) in [6, 6.07) is 0.221. The van der Waals surface area contributed by atoms with Crippen LogP contribution < -0.4 is 11.1 Å². The summed E-state index contributed by atoms with van der Waals surface area (Å²) >= 11 is 0. The lowest BCUT2D eigenvalue weighted by atomic mass is 9.78. The van der Waals surface area contributed by atoms with Crippen LogP contribution in [0.2, 0.25) is 0 Å². The molecule has 2 amide bonds. The monoisotopic (exact) mass is 297 g/mol. The summed E-state index contributed by atoms with van der Waals surface area (Å²) in [5.74, 6) is 0.667. The third-order valence-corrected chi connectivity index (χ3v) is 4.32. The van der Waals surface area contributed by atoms with E-state index in [1.165, 1.54) is 0 Å². The van der Waals surface area contributed by atoms with Gasteiger partial charge in [0.2, 0.25) is 11.8 Å². The Morgan fingerprint density at radius 2 is 1.95 bits per heavy atom. The van der Waals surface area contributed by atoms with Crippen molar-refractivity contribution in [1.29, 1.82) is 0 Å². The van der Waals surface area contributed by atoms with Crippen molar-refractivity contribution < 1.29 is 9.59 Å². The predicted molar refractivity (Wildman–Crippen MR) is 84.6 cm³/mol. The Bertz CT molecular complexity index is 357. The van der Waals surface area contributed by atoms with E-state index in [9.17, 15) is 9.59 Å². The van der Waals surface area contributed by atoms with Crippen molar-refractivity contribution in [3.8, 4) is 0 Å². The summed E-state index contributed by atoms with van der Waals surface area (Å²) in [6.07, 6.45) is 4.14. The molecule has 0 aliphatic heterocycles. The summed E-state index contributed by atoms with van der Waals surface area (Å²) in [5, 5.41) is 2.84. The van der Waals surface area contributed by atoms with E-state index < -0.39 is 0 Å². The molecule has 0 spiro atoms. The van der Waals surface area contributed by atoms with Gasteiger partial charge in [-0.1, -0.05) is 27.2 Å². The highest BCUT2D eigenvalue weighted by atomic mass is 16.2. The van der Waals surface area contributed by atoms with Crippen molar-refractivity contribution in [1.82, 2.24) is 10.2 Å². The molecule has 1 rings (SSSR count). The van der Waals surface area contributed by atoms with E-state index >= 15 is 0 Å². The molecule has 1 aliphatic rings. The Balaban J connectivity index is 2.43. The molecule has 0 saturated heterocycles. The lowest BCUT2D eigenvalue weighted by Gasteiger charge is -2.32. The number of hydrogen-bond acceptors (Lipinski definition) is 3. The number of amides is 2. The Kier molecular flexibility index (Phi) is 7.15. The van der Waals surface area contributed by atoms with E-state index in [0.29, 0.717) is 18.4 Å². The first-order valence-corrected chi connectivity index (χ1v) is 8.08. The van der Waals surface area contributed by atoms with Crippen LogP contribution in [0.4, 0.5) is 0 Å². The number of rotatable bonds is 6. The average molecular weight is 297 g/mol. The Labute approximate surface area is 128 Å². The first-order valence-electron chi connectivity index (χ1n) is 8.08. The van der Waals surface area contributed by atoms with Crippen LogP contribution in [-0.2, 0) is 9.59 Å². The molecule has 3 atom stereocenters. The molecule has 5 heteroatoms. The quantitative estimate of drug-likeness (QED) is 0.777. The molecule has 3 N–H and O–H groups in total. The van der Waals surface area contributed by atoms with Crippen LogP contribution in [0.15, 0.2) is 0 Å². The predicted octanol–water partition coefficient (Wildman–Crippen LogP) is 1.37. The SMILES string of the molecule is CC(C)CNC(=O)CN(C)C(=O)C(C)C1CCCC(N)C1. The summed E-state index contributed by atoms with van der Waals surface area (Å²) < 4.78 is 0. The van der Waals surface area contributed by atoms with Gasteiger partial charge >= 0.3 is 0 Å². The Morgan fingerprint density at radius 1 is 1.29 bits per heavy atom. The molecule has 122 valence electrons. The molecule has 0 aromatic carbocycles. The molecule has 3 unspecified atom stereocenters. The highest BCUT2D eigenvalue weighted by Gasteiger charge is 2.30. The fourth-order valence-electron chi connectivity index (χ4n) is 2.94. The lowest BCUT2D eigenvalue weighted by molar-refractivity contribution is -0.139. The number of nitrogens with one attached hydrogen (secondary N) is 1. The zero-order valence-electron chi connectivity index (χ0n) is 13.9. The van der Waals surface area contributed by atoms with Gasteiger partial charge in [0.15, 0.2) is 0 Å². The zero-order valence-corrected chi connectivity index (χ0v) is 13.9. The van der Waals surface area contributed by atoms with E-state index in [4.69, 9.17) is 5.73 Å². The van der Waals surface area contributed by atoms with Gasteiger partial charge < -0.3 is 16.0 Å². The molecule has 1 saturated carbocycles. The van der Waals surface area contributed by atoms with Gasteiger partial charge in [0.1, 0.15) is 0 Å². The largest absolute Gasteiger partial charge is 0.354 e. The fraction of sp³-hybridized carbons (Fsp3) is 0.875. The van der Waals surface area contributed by atoms with Gasteiger partial charge in [-0.25, -0.2) is 0 Å². The number of carbonyl (C=O) groups is 2. The molecule has 1 aliphatic carbocycles. The summed E-state index contributed by atoms with van der Waals surface area (Å²) in [7, 11) is 1.70. The third kappa shape index (κ3) is 6.04. The van der Waals surface area contributed by atoms with E-state index in [0.717, 1.165) is 25.7 Å². The minimum atomic E-state index is -0.0907. The maximum atomic E-state index is 12.4. The van der Waals surface area contributed by atoms with Gasteiger partial charge in [-0.05, 0) is 31.1 Å². The van der Waals surface area contributed by atoms with Gasteiger partial charge in [0.25, 0.3) is 0 Å². The van der Waals surface area contributed by atoms with Crippen molar-refractivity contribution in [2.24, 2.45) is 23.5 Å². The molecular weight excluding hydrogens is 266 g/mol. The van der Waals surface area contributed by atoms with E-state index in [-0.39, 0.29) is 30.3 Å². The second-order valence-electron chi connectivity index (χ2n) is 6.87. The van der Waals surface area contributed by atoms with E-state index in [1.807, 2.05) is 20.8 Å². The smallest absolute Gasteiger partial charge is 0.239 e. The van der Waals surface area contributed by atoms with Crippen LogP contribution in [-0.4, -0.2) is 42.9 Å². The minimum Gasteiger partial charge on any atom is -0.354 e. The number of hydrogen-bond donors (Lipinski definition) is 2. The molecule has 0 aromatic rings. The second kappa shape index (κ2) is 8.37. The van der Waals surface area contributed by atoms with Crippen LogP contribution >= 0.6 is 0 Å². The third-order valence-electron chi connectivity index (χ3n) is 4.32. The summed E-state index contributed by atoms with van der Waals surface area (Å²) in [5.41, 5.74) is 6.00. The molecule has 0 bridgehead atoms. The van der Waals surface area contributed by atoms with Crippen LogP contribution in [0, 0.1) is 17.8 Å². The number of likely N-dealkylation sites (N-methyl/N-ethyl adjacent to an activating group) is 1. The maximum absolute atomic E-state index is 12.4. The van der Waals surface area contributed by atoms with Crippen molar-refractivity contribution >= 4 is 11.8 Å². The first kappa shape index (κ1) is 18.0.